The molecule has 2 aliphatic carbocycles. The van der Waals surface area contributed by atoms with Gasteiger partial charge in [0.05, 0.1) is 0 Å². The average Bonchev–Trinajstić information content (AvgIpc) is 2.83. The van der Waals surface area contributed by atoms with Gasteiger partial charge in [-0.05, 0) is 67.2 Å². The molecule has 0 atom stereocenters. The Morgan fingerprint density at radius 2 is 2.00 bits per heavy atom. The molecule has 0 heteroatoms. The third kappa shape index (κ3) is 1.12. The van der Waals surface area contributed by atoms with Crippen LogP contribution in [0.25, 0.3) is 0 Å². The van der Waals surface area contributed by atoms with Crippen LogP contribution in [-0.4, -0.2) is 0 Å². The highest BCUT2D eigenvalue weighted by atomic mass is 14.3. The van der Waals surface area contributed by atoms with Gasteiger partial charge in [0.25, 0.3) is 0 Å². The molecule has 68 valence electrons. The van der Waals surface area contributed by atoms with E-state index in [-0.39, 0.29) is 0 Å². The monoisotopic (exact) mass is 172 g/mol. The summed E-state index contributed by atoms with van der Waals surface area (Å²) in [5, 5.41) is 0. The highest BCUT2D eigenvalue weighted by Gasteiger charge is 2.27. The number of fused-ring (bicyclic) bond motifs is 1. The maximum atomic E-state index is 2.39. The van der Waals surface area contributed by atoms with E-state index in [2.05, 4.69) is 19.1 Å². The fourth-order valence-electron chi connectivity index (χ4n) is 2.71. The van der Waals surface area contributed by atoms with Crippen molar-refractivity contribution in [3.63, 3.8) is 0 Å². The van der Waals surface area contributed by atoms with Gasteiger partial charge in [0, 0.05) is 0 Å². The summed E-state index contributed by atoms with van der Waals surface area (Å²) in [6, 6.07) is 4.76. The standard InChI is InChI=1S/C13H16/c1-9-12-4-2-3-10(12)7-8-13(9)11-5-6-11/h7-8,11H,2-6H2,1H3. The van der Waals surface area contributed by atoms with Crippen molar-refractivity contribution in [2.75, 3.05) is 0 Å². The van der Waals surface area contributed by atoms with Gasteiger partial charge in [-0.15, -0.1) is 0 Å². The zero-order valence-corrected chi connectivity index (χ0v) is 8.27. The van der Waals surface area contributed by atoms with Crippen LogP contribution in [0.5, 0.6) is 0 Å². The van der Waals surface area contributed by atoms with Crippen LogP contribution < -0.4 is 0 Å². The van der Waals surface area contributed by atoms with Crippen LogP contribution in [0.2, 0.25) is 0 Å². The Bertz CT molecular complexity index is 345. The van der Waals surface area contributed by atoms with Crippen molar-refractivity contribution in [3.8, 4) is 0 Å². The predicted octanol–water partition coefficient (Wildman–Crippen LogP) is 3.36. The summed E-state index contributed by atoms with van der Waals surface area (Å²) in [6.07, 6.45) is 6.90. The van der Waals surface area contributed by atoms with E-state index in [4.69, 9.17) is 0 Å². The summed E-state index contributed by atoms with van der Waals surface area (Å²) in [5.74, 6) is 0.922. The Labute approximate surface area is 80.0 Å². The molecule has 1 aromatic carbocycles. The summed E-state index contributed by atoms with van der Waals surface area (Å²) in [4.78, 5) is 0. The van der Waals surface area contributed by atoms with Crippen LogP contribution in [0.15, 0.2) is 12.1 Å². The lowest BCUT2D eigenvalue weighted by atomic mass is 9.96. The first-order valence-corrected chi connectivity index (χ1v) is 5.47. The second kappa shape index (κ2) is 2.60. The molecule has 0 spiro atoms. The summed E-state index contributed by atoms with van der Waals surface area (Å²) >= 11 is 0. The summed E-state index contributed by atoms with van der Waals surface area (Å²) in [5.41, 5.74) is 6.59. The van der Waals surface area contributed by atoms with E-state index in [0.717, 1.165) is 5.92 Å². The summed E-state index contributed by atoms with van der Waals surface area (Å²) < 4.78 is 0. The second-order valence-electron chi connectivity index (χ2n) is 4.55. The number of aryl methyl sites for hydroxylation is 1. The zero-order chi connectivity index (χ0) is 8.84. The third-order valence-corrected chi connectivity index (χ3v) is 3.63. The lowest BCUT2D eigenvalue weighted by Crippen LogP contribution is -1.93. The Morgan fingerprint density at radius 1 is 1.15 bits per heavy atom. The van der Waals surface area contributed by atoms with Gasteiger partial charge in [0.15, 0.2) is 0 Å². The minimum absolute atomic E-state index is 0.922. The quantitative estimate of drug-likeness (QED) is 0.609. The van der Waals surface area contributed by atoms with Crippen molar-refractivity contribution in [2.45, 2.75) is 44.9 Å². The first-order valence-electron chi connectivity index (χ1n) is 5.47. The van der Waals surface area contributed by atoms with Gasteiger partial charge in [-0.3, -0.25) is 0 Å². The molecule has 0 radical (unpaired) electrons. The molecule has 1 saturated carbocycles. The molecule has 0 amide bonds. The molecule has 2 aliphatic rings. The fraction of sp³-hybridized carbons (Fsp3) is 0.538. The Balaban J connectivity index is 2.13. The van der Waals surface area contributed by atoms with Gasteiger partial charge in [-0.25, -0.2) is 0 Å². The maximum absolute atomic E-state index is 2.39. The number of benzene rings is 1. The molecule has 1 fully saturated rings. The molecule has 0 heterocycles. The lowest BCUT2D eigenvalue weighted by molar-refractivity contribution is 0.908. The van der Waals surface area contributed by atoms with Crippen molar-refractivity contribution in [2.24, 2.45) is 0 Å². The third-order valence-electron chi connectivity index (χ3n) is 3.63. The van der Waals surface area contributed by atoms with Crippen LogP contribution in [0.4, 0.5) is 0 Å². The molecule has 3 rings (SSSR count). The largest absolute Gasteiger partial charge is 0.0585 e. The molecular formula is C13H16. The normalized spacial score (nSPS) is 20.4. The van der Waals surface area contributed by atoms with Crippen LogP contribution in [0.3, 0.4) is 0 Å². The van der Waals surface area contributed by atoms with Crippen molar-refractivity contribution >= 4 is 0 Å². The van der Waals surface area contributed by atoms with Gasteiger partial charge in [-0.1, -0.05) is 12.1 Å². The van der Waals surface area contributed by atoms with Crippen molar-refractivity contribution < 1.29 is 0 Å². The average molecular weight is 172 g/mol. The summed E-state index contributed by atoms with van der Waals surface area (Å²) in [6.45, 7) is 2.33. The Hall–Kier alpha value is -0.780. The molecule has 0 nitrogen and oxygen atoms in total. The lowest BCUT2D eigenvalue weighted by Gasteiger charge is -2.09. The topological polar surface area (TPSA) is 0 Å². The van der Waals surface area contributed by atoms with Crippen LogP contribution in [0.1, 0.15) is 47.4 Å². The molecule has 0 bridgehead atoms. The maximum Gasteiger partial charge on any atom is -0.0159 e. The minimum Gasteiger partial charge on any atom is -0.0585 e. The van der Waals surface area contributed by atoms with Gasteiger partial charge in [0.2, 0.25) is 0 Å². The summed E-state index contributed by atoms with van der Waals surface area (Å²) in [7, 11) is 0. The van der Waals surface area contributed by atoms with E-state index >= 15 is 0 Å². The van der Waals surface area contributed by atoms with E-state index < -0.39 is 0 Å². The van der Waals surface area contributed by atoms with E-state index in [9.17, 15) is 0 Å². The Kier molecular flexibility index (Phi) is 1.52. The molecule has 13 heavy (non-hydrogen) atoms. The smallest absolute Gasteiger partial charge is 0.0159 e. The zero-order valence-electron chi connectivity index (χ0n) is 8.27. The van der Waals surface area contributed by atoms with Gasteiger partial charge in [-0.2, -0.15) is 0 Å². The van der Waals surface area contributed by atoms with Gasteiger partial charge < -0.3 is 0 Å². The van der Waals surface area contributed by atoms with E-state index in [1.165, 1.54) is 32.1 Å². The molecule has 0 aromatic heterocycles. The van der Waals surface area contributed by atoms with Gasteiger partial charge in [0.1, 0.15) is 0 Å². The van der Waals surface area contributed by atoms with Crippen LogP contribution >= 0.6 is 0 Å². The molecule has 1 aromatic rings. The van der Waals surface area contributed by atoms with E-state index in [1.54, 1.807) is 22.3 Å². The SMILES string of the molecule is Cc1c(C2CC2)ccc2c1CCC2. The highest BCUT2D eigenvalue weighted by Crippen LogP contribution is 2.43. The van der Waals surface area contributed by atoms with Crippen molar-refractivity contribution in [1.29, 1.82) is 0 Å². The first kappa shape index (κ1) is 7.61. The molecule has 0 unspecified atom stereocenters. The van der Waals surface area contributed by atoms with E-state index in [1.807, 2.05) is 0 Å². The predicted molar refractivity (Wildman–Crippen MR) is 55.2 cm³/mol. The highest BCUT2D eigenvalue weighted by molar-refractivity contribution is 5.45. The number of hydrogen-bond donors (Lipinski definition) is 0. The molecule has 0 aliphatic heterocycles. The molecule has 0 N–H and O–H groups in total. The number of hydrogen-bond acceptors (Lipinski definition) is 0. The first-order chi connectivity index (χ1) is 6.36. The minimum atomic E-state index is 0.922. The van der Waals surface area contributed by atoms with Crippen molar-refractivity contribution in [3.05, 3.63) is 34.4 Å². The van der Waals surface area contributed by atoms with Crippen LogP contribution in [0, 0.1) is 6.92 Å². The number of rotatable bonds is 1. The second-order valence-corrected chi connectivity index (χ2v) is 4.55. The molecular weight excluding hydrogens is 156 g/mol. The van der Waals surface area contributed by atoms with E-state index in [0.29, 0.717) is 0 Å². The van der Waals surface area contributed by atoms with Crippen molar-refractivity contribution in [1.82, 2.24) is 0 Å². The molecule has 0 saturated heterocycles. The van der Waals surface area contributed by atoms with Crippen LogP contribution in [-0.2, 0) is 12.8 Å². The Morgan fingerprint density at radius 3 is 2.77 bits per heavy atom. The van der Waals surface area contributed by atoms with Gasteiger partial charge >= 0.3 is 0 Å². The fourth-order valence-corrected chi connectivity index (χ4v) is 2.71.